The van der Waals surface area contributed by atoms with Gasteiger partial charge in [-0.05, 0) is 39.9 Å². The SMILES string of the molecule is NC(Cc1ccccc1-c1ccsc1)C(=O)O. The van der Waals surface area contributed by atoms with E-state index >= 15 is 0 Å². The third-order valence-electron chi connectivity index (χ3n) is 2.61. The van der Waals surface area contributed by atoms with E-state index in [0.717, 1.165) is 16.7 Å². The molecule has 0 fully saturated rings. The van der Waals surface area contributed by atoms with Gasteiger partial charge in [0.2, 0.25) is 0 Å². The Morgan fingerprint density at radius 2 is 2.12 bits per heavy atom. The van der Waals surface area contributed by atoms with E-state index in [2.05, 4.69) is 0 Å². The molecule has 0 aliphatic carbocycles. The number of carboxylic acid groups (broad SMARTS) is 1. The standard InChI is InChI=1S/C13H13NO2S/c14-12(13(15)16)7-9-3-1-2-4-11(9)10-5-6-17-8-10/h1-6,8,12H,7,14H2,(H,15,16). The summed E-state index contributed by atoms with van der Waals surface area (Å²) in [6.07, 6.45) is 0.349. The van der Waals surface area contributed by atoms with Crippen molar-refractivity contribution >= 4 is 17.3 Å². The Hall–Kier alpha value is -1.65. The highest BCUT2D eigenvalue weighted by Crippen LogP contribution is 2.26. The number of rotatable bonds is 4. The molecule has 17 heavy (non-hydrogen) atoms. The monoisotopic (exact) mass is 247 g/mol. The number of hydrogen-bond donors (Lipinski definition) is 2. The van der Waals surface area contributed by atoms with Gasteiger partial charge in [0.15, 0.2) is 0 Å². The average Bonchev–Trinajstić information content (AvgIpc) is 2.83. The predicted molar refractivity (Wildman–Crippen MR) is 69.1 cm³/mol. The molecule has 0 radical (unpaired) electrons. The Morgan fingerprint density at radius 3 is 2.76 bits per heavy atom. The van der Waals surface area contributed by atoms with Crippen molar-refractivity contribution in [2.75, 3.05) is 0 Å². The second-order valence-corrected chi connectivity index (χ2v) is 4.60. The summed E-state index contributed by atoms with van der Waals surface area (Å²) in [5, 5.41) is 12.9. The van der Waals surface area contributed by atoms with Gasteiger partial charge in [0.25, 0.3) is 0 Å². The number of hydrogen-bond acceptors (Lipinski definition) is 3. The van der Waals surface area contributed by atoms with Crippen LogP contribution in [0.4, 0.5) is 0 Å². The number of thiophene rings is 1. The molecule has 0 amide bonds. The highest BCUT2D eigenvalue weighted by molar-refractivity contribution is 7.08. The fourth-order valence-corrected chi connectivity index (χ4v) is 2.38. The van der Waals surface area contributed by atoms with E-state index in [9.17, 15) is 4.79 Å². The van der Waals surface area contributed by atoms with Gasteiger partial charge in [-0.25, -0.2) is 0 Å². The maximum atomic E-state index is 10.8. The van der Waals surface area contributed by atoms with E-state index in [1.807, 2.05) is 41.1 Å². The quantitative estimate of drug-likeness (QED) is 0.871. The molecule has 3 nitrogen and oxygen atoms in total. The first-order chi connectivity index (χ1) is 8.18. The van der Waals surface area contributed by atoms with Crippen LogP contribution in [0.2, 0.25) is 0 Å². The molecule has 4 heteroatoms. The number of carbonyl (C=O) groups is 1. The zero-order valence-corrected chi connectivity index (χ0v) is 9.98. The largest absolute Gasteiger partial charge is 0.480 e. The van der Waals surface area contributed by atoms with Crippen LogP contribution in [-0.2, 0) is 11.2 Å². The number of nitrogens with two attached hydrogens (primary N) is 1. The summed E-state index contributed by atoms with van der Waals surface area (Å²) in [7, 11) is 0. The highest BCUT2D eigenvalue weighted by Gasteiger charge is 2.14. The minimum Gasteiger partial charge on any atom is -0.480 e. The van der Waals surface area contributed by atoms with Crippen LogP contribution >= 0.6 is 11.3 Å². The summed E-state index contributed by atoms with van der Waals surface area (Å²) in [5.74, 6) is -0.967. The summed E-state index contributed by atoms with van der Waals surface area (Å²) in [4.78, 5) is 10.8. The third kappa shape index (κ3) is 2.72. The molecule has 1 aromatic heterocycles. The van der Waals surface area contributed by atoms with Crippen molar-refractivity contribution < 1.29 is 9.90 Å². The zero-order valence-electron chi connectivity index (χ0n) is 9.17. The molecule has 0 saturated carbocycles. The fraction of sp³-hybridized carbons (Fsp3) is 0.154. The molecule has 0 aliphatic heterocycles. The number of benzene rings is 1. The van der Waals surface area contributed by atoms with Crippen molar-refractivity contribution in [3.8, 4) is 11.1 Å². The molecule has 0 bridgehead atoms. The molecular weight excluding hydrogens is 234 g/mol. The van der Waals surface area contributed by atoms with Gasteiger partial charge in [0.1, 0.15) is 6.04 Å². The second-order valence-electron chi connectivity index (χ2n) is 3.82. The third-order valence-corrected chi connectivity index (χ3v) is 3.29. The maximum absolute atomic E-state index is 10.8. The van der Waals surface area contributed by atoms with Gasteiger partial charge in [-0.2, -0.15) is 11.3 Å². The second kappa shape index (κ2) is 5.12. The number of carboxylic acids is 1. The van der Waals surface area contributed by atoms with Crippen LogP contribution < -0.4 is 5.73 Å². The Bertz CT molecular complexity index is 508. The molecular formula is C13H13NO2S. The highest BCUT2D eigenvalue weighted by atomic mass is 32.1. The van der Waals surface area contributed by atoms with E-state index in [1.165, 1.54) is 0 Å². The predicted octanol–water partition coefficient (Wildman–Crippen LogP) is 2.37. The summed E-state index contributed by atoms with van der Waals surface area (Å²) in [5.41, 5.74) is 8.72. The Morgan fingerprint density at radius 1 is 1.35 bits per heavy atom. The molecule has 1 unspecified atom stereocenters. The Balaban J connectivity index is 2.32. The van der Waals surface area contributed by atoms with Crippen molar-refractivity contribution in [1.82, 2.24) is 0 Å². The smallest absolute Gasteiger partial charge is 0.320 e. The lowest BCUT2D eigenvalue weighted by molar-refractivity contribution is -0.138. The number of aliphatic carboxylic acids is 1. The lowest BCUT2D eigenvalue weighted by Crippen LogP contribution is -2.32. The molecule has 0 aliphatic rings. The molecule has 1 heterocycles. The Kier molecular flexibility index (Phi) is 3.56. The van der Waals surface area contributed by atoms with Crippen LogP contribution in [-0.4, -0.2) is 17.1 Å². The molecule has 0 saturated heterocycles. The zero-order chi connectivity index (χ0) is 12.3. The van der Waals surface area contributed by atoms with Crippen LogP contribution in [0.5, 0.6) is 0 Å². The average molecular weight is 247 g/mol. The van der Waals surface area contributed by atoms with Gasteiger partial charge in [-0.15, -0.1) is 0 Å². The summed E-state index contributed by atoms with van der Waals surface area (Å²) < 4.78 is 0. The first kappa shape index (κ1) is 11.8. The Labute approximate surface area is 104 Å². The van der Waals surface area contributed by atoms with Crippen molar-refractivity contribution in [2.24, 2.45) is 5.73 Å². The van der Waals surface area contributed by atoms with Crippen molar-refractivity contribution in [3.63, 3.8) is 0 Å². The molecule has 2 rings (SSSR count). The molecule has 2 aromatic rings. The van der Waals surface area contributed by atoms with Gasteiger partial charge in [-0.1, -0.05) is 24.3 Å². The molecule has 88 valence electrons. The minimum absolute atomic E-state index is 0.349. The van der Waals surface area contributed by atoms with E-state index in [-0.39, 0.29) is 0 Å². The lowest BCUT2D eigenvalue weighted by Gasteiger charge is -2.10. The van der Waals surface area contributed by atoms with Crippen molar-refractivity contribution in [1.29, 1.82) is 0 Å². The van der Waals surface area contributed by atoms with Crippen LogP contribution in [0.15, 0.2) is 41.1 Å². The summed E-state index contributed by atoms with van der Waals surface area (Å²) in [6.45, 7) is 0. The van der Waals surface area contributed by atoms with Gasteiger partial charge in [0.05, 0.1) is 0 Å². The fourth-order valence-electron chi connectivity index (χ4n) is 1.72. The molecule has 1 atom stereocenters. The molecule has 3 N–H and O–H groups in total. The van der Waals surface area contributed by atoms with E-state index in [0.29, 0.717) is 6.42 Å². The summed E-state index contributed by atoms with van der Waals surface area (Å²) >= 11 is 1.62. The van der Waals surface area contributed by atoms with Crippen LogP contribution in [0.1, 0.15) is 5.56 Å². The maximum Gasteiger partial charge on any atom is 0.320 e. The minimum atomic E-state index is -0.967. The topological polar surface area (TPSA) is 63.3 Å². The van der Waals surface area contributed by atoms with Crippen molar-refractivity contribution in [3.05, 3.63) is 46.7 Å². The first-order valence-electron chi connectivity index (χ1n) is 5.27. The van der Waals surface area contributed by atoms with Gasteiger partial charge < -0.3 is 10.8 Å². The van der Waals surface area contributed by atoms with Crippen LogP contribution in [0.25, 0.3) is 11.1 Å². The van der Waals surface area contributed by atoms with E-state index in [4.69, 9.17) is 10.8 Å². The van der Waals surface area contributed by atoms with Gasteiger partial charge in [0, 0.05) is 0 Å². The van der Waals surface area contributed by atoms with Crippen LogP contribution in [0, 0.1) is 0 Å². The molecule has 0 spiro atoms. The van der Waals surface area contributed by atoms with Gasteiger partial charge in [-0.3, -0.25) is 4.79 Å². The van der Waals surface area contributed by atoms with Crippen molar-refractivity contribution in [2.45, 2.75) is 12.5 Å². The normalized spacial score (nSPS) is 12.3. The van der Waals surface area contributed by atoms with E-state index in [1.54, 1.807) is 11.3 Å². The van der Waals surface area contributed by atoms with E-state index < -0.39 is 12.0 Å². The van der Waals surface area contributed by atoms with Gasteiger partial charge >= 0.3 is 5.97 Å². The first-order valence-corrected chi connectivity index (χ1v) is 6.21. The lowest BCUT2D eigenvalue weighted by atomic mass is 9.97. The molecule has 1 aromatic carbocycles. The summed E-state index contributed by atoms with van der Waals surface area (Å²) in [6, 6.07) is 8.94. The van der Waals surface area contributed by atoms with Crippen LogP contribution in [0.3, 0.4) is 0 Å².